The lowest BCUT2D eigenvalue weighted by atomic mass is 10.1. The number of nitrogens with zero attached hydrogens (tertiary/aromatic N) is 1. The van der Waals surface area contributed by atoms with E-state index in [1.165, 1.54) is 24.9 Å². The molecule has 2 aromatic carbocycles. The van der Waals surface area contributed by atoms with Gasteiger partial charge in [-0.3, -0.25) is 9.59 Å². The Kier molecular flexibility index (Phi) is 5.56. The summed E-state index contributed by atoms with van der Waals surface area (Å²) in [5.74, 6) is -0.638. The number of benzene rings is 2. The number of carbonyl (C=O) groups excluding carboxylic acids is 2. The summed E-state index contributed by atoms with van der Waals surface area (Å²) >= 11 is 0. The molecule has 5 heteroatoms. The van der Waals surface area contributed by atoms with Gasteiger partial charge in [-0.25, -0.2) is 0 Å². The monoisotopic (exact) mass is 391 g/mol. The molecule has 1 aliphatic heterocycles. The molecule has 1 aliphatic carbocycles. The Morgan fingerprint density at radius 2 is 1.52 bits per heavy atom. The molecule has 1 heterocycles. The molecule has 2 fully saturated rings. The van der Waals surface area contributed by atoms with Crippen molar-refractivity contribution in [1.82, 2.24) is 0 Å². The largest absolute Gasteiger partial charge is 0.372 e. The zero-order valence-corrected chi connectivity index (χ0v) is 17.2. The lowest BCUT2D eigenvalue weighted by Crippen LogP contribution is -2.29. The lowest BCUT2D eigenvalue weighted by Gasteiger charge is -2.28. The number of nitrogens with one attached hydrogen (secondary N) is 2. The van der Waals surface area contributed by atoms with Crippen LogP contribution in [0.2, 0.25) is 0 Å². The Labute approximate surface area is 172 Å². The van der Waals surface area contributed by atoms with Gasteiger partial charge in [-0.1, -0.05) is 12.1 Å². The normalized spacial score (nSPS) is 20.8. The summed E-state index contributed by atoms with van der Waals surface area (Å²) in [7, 11) is 0. The van der Waals surface area contributed by atoms with Crippen LogP contribution in [0.25, 0.3) is 0 Å². The molecule has 2 atom stereocenters. The third-order valence-electron chi connectivity index (χ3n) is 5.97. The molecule has 0 radical (unpaired) electrons. The third-order valence-corrected chi connectivity index (χ3v) is 5.97. The van der Waals surface area contributed by atoms with Crippen LogP contribution in [0.15, 0.2) is 42.5 Å². The van der Waals surface area contributed by atoms with Crippen LogP contribution >= 0.6 is 0 Å². The molecular weight excluding hydrogens is 362 g/mol. The van der Waals surface area contributed by atoms with Crippen LogP contribution in [-0.4, -0.2) is 24.9 Å². The smallest absolute Gasteiger partial charge is 0.228 e. The van der Waals surface area contributed by atoms with E-state index < -0.39 is 0 Å². The Bertz CT molecular complexity index is 901. The molecule has 0 aromatic heterocycles. The van der Waals surface area contributed by atoms with Crippen LogP contribution in [0, 0.1) is 25.7 Å². The minimum atomic E-state index is -0.248. The number of piperidine rings is 1. The maximum atomic E-state index is 12.5. The first-order valence-electron chi connectivity index (χ1n) is 10.6. The Balaban J connectivity index is 1.30. The maximum absolute atomic E-state index is 12.5. The predicted molar refractivity (Wildman–Crippen MR) is 117 cm³/mol. The molecular formula is C24H29N3O2. The fourth-order valence-corrected chi connectivity index (χ4v) is 4.01. The summed E-state index contributed by atoms with van der Waals surface area (Å²) in [6, 6.07) is 14.0. The predicted octanol–water partition coefficient (Wildman–Crippen LogP) is 4.51. The van der Waals surface area contributed by atoms with Crippen LogP contribution in [0.1, 0.15) is 36.8 Å². The summed E-state index contributed by atoms with van der Waals surface area (Å²) in [4.78, 5) is 27.5. The molecule has 4 rings (SSSR count). The molecule has 0 bridgehead atoms. The van der Waals surface area contributed by atoms with Crippen molar-refractivity contribution in [1.29, 1.82) is 0 Å². The fourth-order valence-electron chi connectivity index (χ4n) is 4.01. The van der Waals surface area contributed by atoms with Crippen LogP contribution in [0.4, 0.5) is 17.1 Å². The van der Waals surface area contributed by atoms with E-state index in [4.69, 9.17) is 0 Å². The van der Waals surface area contributed by atoms with E-state index in [1.807, 2.05) is 44.2 Å². The molecule has 152 valence electrons. The molecule has 29 heavy (non-hydrogen) atoms. The highest BCUT2D eigenvalue weighted by Gasteiger charge is 2.48. The van der Waals surface area contributed by atoms with Gasteiger partial charge in [-0.05, 0) is 81.0 Å². The lowest BCUT2D eigenvalue weighted by molar-refractivity contribution is -0.122. The average molecular weight is 392 g/mol. The van der Waals surface area contributed by atoms with Gasteiger partial charge in [0.05, 0.1) is 11.8 Å². The summed E-state index contributed by atoms with van der Waals surface area (Å²) in [5, 5.41) is 5.95. The minimum absolute atomic E-state index is 0.0701. The molecule has 2 amide bonds. The quantitative estimate of drug-likeness (QED) is 0.788. The van der Waals surface area contributed by atoms with Gasteiger partial charge in [0.1, 0.15) is 0 Å². The fraction of sp³-hybridized carbons (Fsp3) is 0.417. The second-order valence-electron chi connectivity index (χ2n) is 8.34. The second kappa shape index (κ2) is 8.27. The number of carbonyl (C=O) groups is 2. The molecule has 2 N–H and O–H groups in total. The first-order chi connectivity index (χ1) is 14.0. The van der Waals surface area contributed by atoms with E-state index in [1.54, 1.807) is 0 Å². The van der Waals surface area contributed by atoms with Gasteiger partial charge in [0.25, 0.3) is 0 Å². The van der Waals surface area contributed by atoms with Gasteiger partial charge in [-0.15, -0.1) is 0 Å². The summed E-state index contributed by atoms with van der Waals surface area (Å²) < 4.78 is 0. The van der Waals surface area contributed by atoms with Gasteiger partial charge in [0.15, 0.2) is 0 Å². The summed E-state index contributed by atoms with van der Waals surface area (Å²) in [6.45, 7) is 6.18. The summed E-state index contributed by atoms with van der Waals surface area (Å²) in [5.41, 5.74) is 4.95. The van der Waals surface area contributed by atoms with Gasteiger partial charge in [0.2, 0.25) is 11.8 Å². The van der Waals surface area contributed by atoms with E-state index in [0.717, 1.165) is 35.6 Å². The third kappa shape index (κ3) is 4.61. The highest BCUT2D eigenvalue weighted by Crippen LogP contribution is 2.40. The molecule has 2 aliphatic rings. The van der Waals surface area contributed by atoms with Gasteiger partial charge >= 0.3 is 0 Å². The van der Waals surface area contributed by atoms with E-state index in [0.29, 0.717) is 6.42 Å². The van der Waals surface area contributed by atoms with Crippen molar-refractivity contribution in [2.24, 2.45) is 11.8 Å². The maximum Gasteiger partial charge on any atom is 0.228 e. The molecule has 1 saturated carbocycles. The zero-order valence-electron chi connectivity index (χ0n) is 17.2. The van der Waals surface area contributed by atoms with Crippen molar-refractivity contribution in [2.75, 3.05) is 28.6 Å². The van der Waals surface area contributed by atoms with Crippen molar-refractivity contribution >= 4 is 28.9 Å². The number of rotatable bonds is 5. The molecule has 5 nitrogen and oxygen atoms in total. The highest BCUT2D eigenvalue weighted by atomic mass is 16.2. The first-order valence-corrected chi connectivity index (χ1v) is 10.6. The Morgan fingerprint density at radius 3 is 2.21 bits per heavy atom. The zero-order chi connectivity index (χ0) is 20.4. The summed E-state index contributed by atoms with van der Waals surface area (Å²) in [6.07, 6.45) is 4.40. The number of hydrogen-bond donors (Lipinski definition) is 2. The number of anilines is 3. The number of hydrogen-bond acceptors (Lipinski definition) is 3. The van der Waals surface area contributed by atoms with Gasteiger partial charge in [0, 0.05) is 30.2 Å². The molecule has 1 saturated heterocycles. The van der Waals surface area contributed by atoms with Crippen LogP contribution in [-0.2, 0) is 9.59 Å². The second-order valence-corrected chi connectivity index (χ2v) is 8.34. The Morgan fingerprint density at radius 1 is 0.862 bits per heavy atom. The van der Waals surface area contributed by atoms with Gasteiger partial charge in [-0.2, -0.15) is 0 Å². The van der Waals surface area contributed by atoms with Gasteiger partial charge < -0.3 is 15.5 Å². The standard InChI is InChI=1S/C24H29N3O2/c1-16-6-7-17(2)22(14-16)26-24(29)21-15-20(21)23(28)25-18-8-10-19(11-9-18)27-12-4-3-5-13-27/h6-11,14,20-21H,3-5,12-13,15H2,1-2H3,(H,25,28)(H,26,29). The van der Waals surface area contributed by atoms with E-state index >= 15 is 0 Å². The average Bonchev–Trinajstić information content (AvgIpc) is 3.53. The van der Waals surface area contributed by atoms with Crippen molar-refractivity contribution in [3.8, 4) is 0 Å². The number of amides is 2. The van der Waals surface area contributed by atoms with E-state index in [9.17, 15) is 9.59 Å². The van der Waals surface area contributed by atoms with Crippen molar-refractivity contribution in [2.45, 2.75) is 39.5 Å². The topological polar surface area (TPSA) is 61.4 Å². The van der Waals surface area contributed by atoms with Crippen molar-refractivity contribution in [3.63, 3.8) is 0 Å². The van der Waals surface area contributed by atoms with Crippen molar-refractivity contribution < 1.29 is 9.59 Å². The first kappa shape index (κ1) is 19.5. The van der Waals surface area contributed by atoms with E-state index in [-0.39, 0.29) is 23.7 Å². The molecule has 2 aromatic rings. The number of aryl methyl sites for hydroxylation is 2. The SMILES string of the molecule is Cc1ccc(C)c(NC(=O)C2CC2C(=O)Nc2ccc(N3CCCCC3)cc2)c1. The Hall–Kier alpha value is -2.82. The van der Waals surface area contributed by atoms with Crippen molar-refractivity contribution in [3.05, 3.63) is 53.6 Å². The minimum Gasteiger partial charge on any atom is -0.372 e. The highest BCUT2D eigenvalue weighted by molar-refractivity contribution is 6.03. The van der Waals surface area contributed by atoms with Crippen LogP contribution in [0.5, 0.6) is 0 Å². The van der Waals surface area contributed by atoms with Crippen LogP contribution in [0.3, 0.4) is 0 Å². The molecule has 2 unspecified atom stereocenters. The van der Waals surface area contributed by atoms with Crippen LogP contribution < -0.4 is 15.5 Å². The van der Waals surface area contributed by atoms with E-state index in [2.05, 4.69) is 27.7 Å². The molecule has 0 spiro atoms.